The fourth-order valence-electron chi connectivity index (χ4n) is 2.40. The summed E-state index contributed by atoms with van der Waals surface area (Å²) in [6.07, 6.45) is 4.95. The largest absolute Gasteiger partial charge is 0.426 e. The van der Waals surface area contributed by atoms with E-state index < -0.39 is 10.3 Å². The fraction of sp³-hybridized carbons (Fsp3) is 0.500. The van der Waals surface area contributed by atoms with Crippen LogP contribution in [0.4, 0.5) is 5.69 Å². The first-order valence-electron chi connectivity index (χ1n) is 6.48. The topological polar surface area (TPSA) is 69.4 Å². The number of rotatable bonds is 3. The summed E-state index contributed by atoms with van der Waals surface area (Å²) < 4.78 is 5.33. The Kier molecular flexibility index (Phi) is 3.83. The maximum absolute atomic E-state index is 12.2. The van der Waals surface area contributed by atoms with E-state index in [4.69, 9.17) is 4.74 Å². The van der Waals surface area contributed by atoms with Crippen molar-refractivity contribution in [2.45, 2.75) is 39.0 Å². The zero-order valence-electron chi connectivity index (χ0n) is 10.9. The van der Waals surface area contributed by atoms with Gasteiger partial charge in [-0.25, -0.2) is 0 Å². The standard InChI is InChI=1S/C14H17NO4/c1-14(9-3-2-4-10-14)13(16)19-12-7-5-11(6-8-12)15(17)18/h5-8H,2-4,9-10H2,1H3. The summed E-state index contributed by atoms with van der Waals surface area (Å²) in [5.41, 5.74) is -0.427. The van der Waals surface area contributed by atoms with Crippen molar-refractivity contribution in [3.8, 4) is 5.75 Å². The van der Waals surface area contributed by atoms with Gasteiger partial charge in [-0.1, -0.05) is 19.3 Å². The zero-order valence-corrected chi connectivity index (χ0v) is 10.9. The van der Waals surface area contributed by atoms with Crippen molar-refractivity contribution in [1.29, 1.82) is 0 Å². The van der Waals surface area contributed by atoms with Crippen molar-refractivity contribution in [2.75, 3.05) is 0 Å². The van der Waals surface area contributed by atoms with Crippen molar-refractivity contribution >= 4 is 11.7 Å². The van der Waals surface area contributed by atoms with Crippen molar-refractivity contribution in [3.63, 3.8) is 0 Å². The number of hydrogen-bond donors (Lipinski definition) is 0. The number of benzene rings is 1. The lowest BCUT2D eigenvalue weighted by Gasteiger charge is -2.30. The molecule has 1 aliphatic carbocycles. The van der Waals surface area contributed by atoms with Crippen LogP contribution in [-0.4, -0.2) is 10.9 Å². The van der Waals surface area contributed by atoms with Crippen molar-refractivity contribution in [3.05, 3.63) is 34.4 Å². The normalized spacial score (nSPS) is 17.7. The molecule has 0 saturated heterocycles. The number of esters is 1. The molecule has 19 heavy (non-hydrogen) atoms. The van der Waals surface area contributed by atoms with E-state index in [0.717, 1.165) is 25.7 Å². The average Bonchev–Trinajstić information content (AvgIpc) is 2.40. The maximum atomic E-state index is 12.2. The van der Waals surface area contributed by atoms with Gasteiger partial charge in [-0.3, -0.25) is 14.9 Å². The molecule has 0 amide bonds. The van der Waals surface area contributed by atoms with E-state index in [-0.39, 0.29) is 11.7 Å². The molecule has 0 spiro atoms. The molecule has 0 aromatic heterocycles. The van der Waals surface area contributed by atoms with Gasteiger partial charge >= 0.3 is 5.97 Å². The Hall–Kier alpha value is -1.91. The molecular formula is C14H17NO4. The minimum atomic E-state index is -0.478. The third kappa shape index (κ3) is 3.10. The number of carbonyl (C=O) groups is 1. The molecule has 1 fully saturated rings. The smallest absolute Gasteiger partial charge is 0.317 e. The molecule has 0 atom stereocenters. The number of nitro benzene ring substituents is 1. The Morgan fingerprint density at radius 1 is 1.21 bits per heavy atom. The van der Waals surface area contributed by atoms with Crippen LogP contribution in [0.15, 0.2) is 24.3 Å². The molecule has 0 radical (unpaired) electrons. The third-order valence-electron chi connectivity index (χ3n) is 3.71. The monoisotopic (exact) mass is 263 g/mol. The van der Waals surface area contributed by atoms with E-state index in [1.54, 1.807) is 0 Å². The Morgan fingerprint density at radius 3 is 2.32 bits per heavy atom. The van der Waals surface area contributed by atoms with Gasteiger partial charge in [0.15, 0.2) is 0 Å². The quantitative estimate of drug-likeness (QED) is 0.362. The van der Waals surface area contributed by atoms with E-state index in [1.165, 1.54) is 30.7 Å². The first-order valence-corrected chi connectivity index (χ1v) is 6.48. The second-order valence-corrected chi connectivity index (χ2v) is 5.26. The maximum Gasteiger partial charge on any atom is 0.317 e. The lowest BCUT2D eigenvalue weighted by Crippen LogP contribution is -2.33. The van der Waals surface area contributed by atoms with Gasteiger partial charge in [0, 0.05) is 12.1 Å². The van der Waals surface area contributed by atoms with Crippen molar-refractivity contribution < 1.29 is 14.5 Å². The number of ether oxygens (including phenoxy) is 1. The number of hydrogen-bond acceptors (Lipinski definition) is 4. The van der Waals surface area contributed by atoms with Gasteiger partial charge in [-0.05, 0) is 31.9 Å². The van der Waals surface area contributed by atoms with Gasteiger partial charge in [-0.15, -0.1) is 0 Å². The summed E-state index contributed by atoms with van der Waals surface area (Å²) >= 11 is 0. The second kappa shape index (κ2) is 5.38. The summed E-state index contributed by atoms with van der Waals surface area (Å²) in [6, 6.07) is 5.60. The highest BCUT2D eigenvalue weighted by Crippen LogP contribution is 2.37. The van der Waals surface area contributed by atoms with Gasteiger partial charge in [0.25, 0.3) is 5.69 Å². The van der Waals surface area contributed by atoms with Crippen LogP contribution in [0.5, 0.6) is 5.75 Å². The summed E-state index contributed by atoms with van der Waals surface area (Å²) in [6.45, 7) is 1.93. The lowest BCUT2D eigenvalue weighted by molar-refractivity contribution is -0.384. The molecule has 1 aromatic carbocycles. The van der Waals surface area contributed by atoms with E-state index in [1.807, 2.05) is 6.92 Å². The predicted molar refractivity (Wildman–Crippen MR) is 69.9 cm³/mol. The molecular weight excluding hydrogens is 246 g/mol. The first-order chi connectivity index (χ1) is 9.01. The Labute approximate surface area is 111 Å². The third-order valence-corrected chi connectivity index (χ3v) is 3.71. The van der Waals surface area contributed by atoms with Gasteiger partial charge < -0.3 is 4.74 Å². The highest BCUT2D eigenvalue weighted by Gasteiger charge is 2.36. The molecule has 1 aliphatic rings. The Bertz CT molecular complexity index is 475. The predicted octanol–water partition coefficient (Wildman–Crippen LogP) is 3.47. The van der Waals surface area contributed by atoms with Gasteiger partial charge in [0.2, 0.25) is 0 Å². The summed E-state index contributed by atoms with van der Waals surface area (Å²) in [7, 11) is 0. The highest BCUT2D eigenvalue weighted by atomic mass is 16.6. The van der Waals surface area contributed by atoms with E-state index >= 15 is 0 Å². The number of non-ortho nitro benzene ring substituents is 1. The van der Waals surface area contributed by atoms with Gasteiger partial charge in [0.1, 0.15) is 5.75 Å². The van der Waals surface area contributed by atoms with Crippen molar-refractivity contribution in [1.82, 2.24) is 0 Å². The Morgan fingerprint density at radius 2 is 1.79 bits per heavy atom. The molecule has 1 aromatic rings. The van der Waals surface area contributed by atoms with Crippen LogP contribution in [0.25, 0.3) is 0 Å². The summed E-state index contributed by atoms with van der Waals surface area (Å²) in [5, 5.41) is 10.5. The average molecular weight is 263 g/mol. The first kappa shape index (κ1) is 13.5. The second-order valence-electron chi connectivity index (χ2n) is 5.26. The van der Waals surface area contributed by atoms with Crippen LogP contribution < -0.4 is 4.74 Å². The molecule has 0 unspecified atom stereocenters. The van der Waals surface area contributed by atoms with Crippen LogP contribution in [0.3, 0.4) is 0 Å². The van der Waals surface area contributed by atoms with Crippen LogP contribution in [-0.2, 0) is 4.79 Å². The van der Waals surface area contributed by atoms with Gasteiger partial charge in [-0.2, -0.15) is 0 Å². The minimum absolute atomic E-state index is 0.0105. The van der Waals surface area contributed by atoms with Crippen LogP contribution in [0.1, 0.15) is 39.0 Å². The van der Waals surface area contributed by atoms with E-state index in [9.17, 15) is 14.9 Å². The number of nitrogens with zero attached hydrogens (tertiary/aromatic N) is 1. The zero-order chi connectivity index (χ0) is 13.9. The summed E-state index contributed by atoms with van der Waals surface area (Å²) in [4.78, 5) is 22.2. The number of nitro groups is 1. The molecule has 0 bridgehead atoms. The minimum Gasteiger partial charge on any atom is -0.426 e. The lowest BCUT2D eigenvalue weighted by atomic mass is 9.76. The SMILES string of the molecule is CC1(C(=O)Oc2ccc([N+](=O)[O-])cc2)CCCCC1. The molecule has 0 aliphatic heterocycles. The van der Waals surface area contributed by atoms with Gasteiger partial charge in [0.05, 0.1) is 10.3 Å². The molecule has 102 valence electrons. The molecule has 5 nitrogen and oxygen atoms in total. The van der Waals surface area contributed by atoms with Crippen LogP contribution in [0.2, 0.25) is 0 Å². The molecule has 0 heterocycles. The molecule has 0 N–H and O–H groups in total. The molecule has 5 heteroatoms. The highest BCUT2D eigenvalue weighted by molar-refractivity contribution is 5.78. The Balaban J connectivity index is 2.04. The molecule has 1 saturated carbocycles. The van der Waals surface area contributed by atoms with E-state index in [0.29, 0.717) is 5.75 Å². The van der Waals surface area contributed by atoms with Crippen molar-refractivity contribution in [2.24, 2.45) is 5.41 Å². The summed E-state index contributed by atoms with van der Waals surface area (Å²) in [5.74, 6) is 0.128. The van der Waals surface area contributed by atoms with Crippen LogP contribution in [0, 0.1) is 15.5 Å². The molecule has 2 rings (SSSR count). The van der Waals surface area contributed by atoms with E-state index in [2.05, 4.69) is 0 Å². The van der Waals surface area contributed by atoms with Crippen LogP contribution >= 0.6 is 0 Å². The fourth-order valence-corrected chi connectivity index (χ4v) is 2.40. The number of carbonyl (C=O) groups excluding carboxylic acids is 1.